The predicted octanol–water partition coefficient (Wildman–Crippen LogP) is 0.766. The highest BCUT2D eigenvalue weighted by atomic mass is 15.3. The van der Waals surface area contributed by atoms with E-state index < -0.39 is 0 Å². The maximum absolute atomic E-state index is 3.45. The van der Waals surface area contributed by atoms with Crippen LogP contribution in [-0.2, 0) is 0 Å². The van der Waals surface area contributed by atoms with Gasteiger partial charge in [0.15, 0.2) is 0 Å². The van der Waals surface area contributed by atoms with Crippen LogP contribution in [0.15, 0.2) is 0 Å². The van der Waals surface area contributed by atoms with Gasteiger partial charge in [0, 0.05) is 31.7 Å². The molecule has 0 aromatic rings. The van der Waals surface area contributed by atoms with Crippen LogP contribution in [0.1, 0.15) is 26.2 Å². The minimum Gasteiger partial charge on any atom is -0.314 e. The Balaban J connectivity index is 2.00. The first-order valence-electron chi connectivity index (χ1n) is 6.41. The predicted molar refractivity (Wildman–Crippen MR) is 64.2 cm³/mol. The van der Waals surface area contributed by atoms with Crippen molar-refractivity contribution in [2.45, 2.75) is 31.7 Å². The first-order chi connectivity index (χ1) is 7.27. The molecule has 2 heterocycles. The summed E-state index contributed by atoms with van der Waals surface area (Å²) in [5.74, 6) is 0. The zero-order valence-corrected chi connectivity index (χ0v) is 10.3. The van der Waals surface area contributed by atoms with Crippen molar-refractivity contribution < 1.29 is 0 Å². The molecule has 0 aliphatic carbocycles. The summed E-state index contributed by atoms with van der Waals surface area (Å²) in [6.07, 6.45) is 4.04. The van der Waals surface area contributed by atoms with Gasteiger partial charge in [0.25, 0.3) is 0 Å². The van der Waals surface area contributed by atoms with Crippen molar-refractivity contribution in [3.05, 3.63) is 0 Å². The topological polar surface area (TPSA) is 18.5 Å². The van der Waals surface area contributed by atoms with Crippen LogP contribution in [0.5, 0.6) is 0 Å². The van der Waals surface area contributed by atoms with E-state index in [-0.39, 0.29) is 0 Å². The Morgan fingerprint density at radius 1 is 1.07 bits per heavy atom. The molecular weight excluding hydrogens is 186 g/mol. The Morgan fingerprint density at radius 2 is 1.67 bits per heavy atom. The molecule has 0 amide bonds. The van der Waals surface area contributed by atoms with Gasteiger partial charge in [-0.2, -0.15) is 0 Å². The molecule has 0 aromatic carbocycles. The normalized spacial score (nSPS) is 29.2. The van der Waals surface area contributed by atoms with E-state index in [1.165, 1.54) is 58.5 Å². The SMILES string of the molecule is CCC1(N2CCNCC2)CCN(C)CC1. The van der Waals surface area contributed by atoms with Gasteiger partial charge in [0.2, 0.25) is 0 Å². The summed E-state index contributed by atoms with van der Waals surface area (Å²) >= 11 is 0. The van der Waals surface area contributed by atoms with Gasteiger partial charge in [-0.15, -0.1) is 0 Å². The molecule has 1 N–H and O–H groups in total. The van der Waals surface area contributed by atoms with Crippen molar-refractivity contribution in [3.8, 4) is 0 Å². The van der Waals surface area contributed by atoms with Gasteiger partial charge in [-0.25, -0.2) is 0 Å². The third-order valence-corrected chi connectivity index (χ3v) is 4.36. The van der Waals surface area contributed by atoms with Crippen molar-refractivity contribution in [3.63, 3.8) is 0 Å². The van der Waals surface area contributed by atoms with Gasteiger partial charge < -0.3 is 10.2 Å². The van der Waals surface area contributed by atoms with Gasteiger partial charge in [0.05, 0.1) is 0 Å². The third kappa shape index (κ3) is 2.35. The van der Waals surface area contributed by atoms with Crippen molar-refractivity contribution >= 4 is 0 Å². The minimum absolute atomic E-state index is 0.522. The quantitative estimate of drug-likeness (QED) is 0.728. The highest BCUT2D eigenvalue weighted by Gasteiger charge is 2.37. The summed E-state index contributed by atoms with van der Waals surface area (Å²) in [7, 11) is 2.25. The summed E-state index contributed by atoms with van der Waals surface area (Å²) in [6, 6.07) is 0. The highest BCUT2D eigenvalue weighted by molar-refractivity contribution is 4.95. The van der Waals surface area contributed by atoms with Crippen molar-refractivity contribution in [2.75, 3.05) is 46.3 Å². The molecular formula is C12H25N3. The number of hydrogen-bond acceptors (Lipinski definition) is 3. The van der Waals surface area contributed by atoms with E-state index in [0.29, 0.717) is 5.54 Å². The smallest absolute Gasteiger partial charge is 0.0232 e. The zero-order valence-electron chi connectivity index (χ0n) is 10.3. The number of piperazine rings is 1. The highest BCUT2D eigenvalue weighted by Crippen LogP contribution is 2.31. The second-order valence-electron chi connectivity index (χ2n) is 5.12. The fraction of sp³-hybridized carbons (Fsp3) is 1.00. The Hall–Kier alpha value is -0.120. The molecule has 0 spiro atoms. The van der Waals surface area contributed by atoms with E-state index in [1.807, 2.05) is 0 Å². The standard InChI is InChI=1S/C12H25N3/c1-3-12(4-8-14(2)9-5-12)15-10-6-13-7-11-15/h13H,3-11H2,1-2H3. The van der Waals surface area contributed by atoms with Crippen LogP contribution in [0.3, 0.4) is 0 Å². The summed E-state index contributed by atoms with van der Waals surface area (Å²) in [5, 5.41) is 3.45. The van der Waals surface area contributed by atoms with Crippen molar-refractivity contribution in [1.29, 1.82) is 0 Å². The number of nitrogens with one attached hydrogen (secondary N) is 1. The van der Waals surface area contributed by atoms with Crippen molar-refractivity contribution in [1.82, 2.24) is 15.1 Å². The fourth-order valence-corrected chi connectivity index (χ4v) is 3.07. The molecule has 3 heteroatoms. The molecule has 0 aromatic heterocycles. The van der Waals surface area contributed by atoms with Gasteiger partial charge in [-0.05, 0) is 39.4 Å². The molecule has 0 bridgehead atoms. The number of piperidine rings is 1. The van der Waals surface area contributed by atoms with E-state index in [0.717, 1.165) is 0 Å². The Bertz CT molecular complexity index is 191. The van der Waals surface area contributed by atoms with Gasteiger partial charge in [-0.1, -0.05) is 6.92 Å². The second-order valence-corrected chi connectivity index (χ2v) is 5.12. The first-order valence-corrected chi connectivity index (χ1v) is 6.41. The van der Waals surface area contributed by atoms with Crippen LogP contribution < -0.4 is 5.32 Å². The Labute approximate surface area is 93.8 Å². The largest absolute Gasteiger partial charge is 0.314 e. The molecule has 2 fully saturated rings. The number of rotatable bonds is 2. The van der Waals surface area contributed by atoms with Gasteiger partial charge in [-0.3, -0.25) is 4.90 Å². The van der Waals surface area contributed by atoms with Crippen LogP contribution in [0.4, 0.5) is 0 Å². The molecule has 0 radical (unpaired) electrons. The van der Waals surface area contributed by atoms with E-state index in [1.54, 1.807) is 0 Å². The molecule has 0 unspecified atom stereocenters. The van der Waals surface area contributed by atoms with Crippen LogP contribution in [-0.4, -0.2) is 61.7 Å². The monoisotopic (exact) mass is 211 g/mol. The van der Waals surface area contributed by atoms with Crippen LogP contribution >= 0.6 is 0 Å². The summed E-state index contributed by atoms with van der Waals surface area (Å²) in [4.78, 5) is 5.21. The molecule has 2 aliphatic heterocycles. The maximum atomic E-state index is 3.45. The number of likely N-dealkylation sites (tertiary alicyclic amines) is 1. The first kappa shape index (κ1) is 11.4. The summed E-state index contributed by atoms with van der Waals surface area (Å²) < 4.78 is 0. The van der Waals surface area contributed by atoms with Crippen LogP contribution in [0.2, 0.25) is 0 Å². The molecule has 2 rings (SSSR count). The van der Waals surface area contributed by atoms with Gasteiger partial charge in [0.1, 0.15) is 0 Å². The lowest BCUT2D eigenvalue weighted by molar-refractivity contribution is 0.0159. The molecule has 2 saturated heterocycles. The number of hydrogen-bond donors (Lipinski definition) is 1. The second kappa shape index (κ2) is 4.81. The molecule has 2 aliphatic rings. The molecule has 3 nitrogen and oxygen atoms in total. The van der Waals surface area contributed by atoms with E-state index >= 15 is 0 Å². The van der Waals surface area contributed by atoms with Crippen LogP contribution in [0, 0.1) is 0 Å². The summed E-state index contributed by atoms with van der Waals surface area (Å²) in [6.45, 7) is 9.77. The maximum Gasteiger partial charge on any atom is 0.0232 e. The zero-order chi connectivity index (χ0) is 10.7. The molecule has 0 atom stereocenters. The van der Waals surface area contributed by atoms with E-state index in [2.05, 4.69) is 29.1 Å². The minimum atomic E-state index is 0.522. The van der Waals surface area contributed by atoms with E-state index in [9.17, 15) is 0 Å². The average Bonchev–Trinajstić information content (AvgIpc) is 2.32. The Kier molecular flexibility index (Phi) is 3.65. The Morgan fingerprint density at radius 3 is 2.20 bits per heavy atom. The van der Waals surface area contributed by atoms with E-state index in [4.69, 9.17) is 0 Å². The number of nitrogens with zero attached hydrogens (tertiary/aromatic N) is 2. The lowest BCUT2D eigenvalue weighted by Gasteiger charge is -2.49. The molecule has 15 heavy (non-hydrogen) atoms. The third-order valence-electron chi connectivity index (χ3n) is 4.36. The van der Waals surface area contributed by atoms with Crippen LogP contribution in [0.25, 0.3) is 0 Å². The summed E-state index contributed by atoms with van der Waals surface area (Å²) in [5.41, 5.74) is 0.522. The van der Waals surface area contributed by atoms with Gasteiger partial charge >= 0.3 is 0 Å². The average molecular weight is 211 g/mol. The fourth-order valence-electron chi connectivity index (χ4n) is 3.07. The lowest BCUT2D eigenvalue weighted by Crippen LogP contribution is -2.59. The lowest BCUT2D eigenvalue weighted by atomic mass is 9.83. The molecule has 0 saturated carbocycles. The molecule has 88 valence electrons. The van der Waals surface area contributed by atoms with Crippen molar-refractivity contribution in [2.24, 2.45) is 0 Å².